The third-order valence-electron chi connectivity index (χ3n) is 5.28. The minimum atomic E-state index is -5.08. The number of halogens is 6. The molecule has 39 heavy (non-hydrogen) atoms. The number of aryl methyl sites for hydroxylation is 1. The fourth-order valence-corrected chi connectivity index (χ4v) is 4.31. The first-order valence-electron chi connectivity index (χ1n) is 11.3. The van der Waals surface area contributed by atoms with Crippen molar-refractivity contribution in [1.29, 1.82) is 0 Å². The van der Waals surface area contributed by atoms with Gasteiger partial charge in [-0.2, -0.15) is 26.3 Å². The number of thiazole rings is 1. The van der Waals surface area contributed by atoms with Gasteiger partial charge in [0.15, 0.2) is 0 Å². The van der Waals surface area contributed by atoms with E-state index in [1.54, 1.807) is 17.6 Å². The topological polar surface area (TPSA) is 126 Å². The number of hydrogen-bond donors (Lipinski definition) is 2. The van der Waals surface area contributed by atoms with Crippen LogP contribution in [-0.4, -0.2) is 101 Å². The zero-order chi connectivity index (χ0) is 29.3. The highest BCUT2D eigenvalue weighted by Crippen LogP contribution is 2.25. The van der Waals surface area contributed by atoms with Gasteiger partial charge >= 0.3 is 24.3 Å². The van der Waals surface area contributed by atoms with Gasteiger partial charge in [0, 0.05) is 50.2 Å². The molecule has 2 fully saturated rings. The van der Waals surface area contributed by atoms with E-state index < -0.39 is 24.3 Å². The second-order valence-electron chi connectivity index (χ2n) is 8.60. The molecular formula is C22H27F6N3O7S. The quantitative estimate of drug-likeness (QED) is 0.511. The van der Waals surface area contributed by atoms with Crippen LogP contribution in [0.25, 0.3) is 0 Å². The summed E-state index contributed by atoms with van der Waals surface area (Å²) in [7, 11) is 0. The first-order valence-corrected chi connectivity index (χ1v) is 12.2. The summed E-state index contributed by atoms with van der Waals surface area (Å²) in [5.41, 5.74) is 2.09. The van der Waals surface area contributed by atoms with E-state index in [0.29, 0.717) is 6.61 Å². The van der Waals surface area contributed by atoms with Crippen molar-refractivity contribution < 1.29 is 60.0 Å². The molecule has 2 aliphatic rings. The number of aromatic nitrogens is 1. The Bertz CT molecular complexity index is 1020. The van der Waals surface area contributed by atoms with E-state index >= 15 is 0 Å². The summed E-state index contributed by atoms with van der Waals surface area (Å²) in [6, 6.07) is 2.03. The number of carboxylic acids is 2. The molecule has 2 saturated heterocycles. The summed E-state index contributed by atoms with van der Waals surface area (Å²) in [6.07, 6.45) is -6.61. The Labute approximate surface area is 222 Å². The molecule has 2 aliphatic heterocycles. The predicted octanol–water partition coefficient (Wildman–Crippen LogP) is 3.41. The van der Waals surface area contributed by atoms with E-state index in [0.717, 1.165) is 63.2 Å². The number of carbonyl (C=O) groups is 2. The van der Waals surface area contributed by atoms with Crippen LogP contribution in [0.3, 0.4) is 0 Å². The van der Waals surface area contributed by atoms with E-state index in [1.165, 1.54) is 5.56 Å². The normalized spacial score (nSPS) is 20.8. The molecular weight excluding hydrogens is 564 g/mol. The SMILES string of the molecule is Cc1nc(CN2CCOCC3(CN(Cc4ccoc4)CCO3)C2)cs1.O=C(O)C(F)(F)F.O=C(O)C(F)(F)F. The molecule has 0 aliphatic carbocycles. The molecule has 1 atom stereocenters. The number of rotatable bonds is 4. The number of furan rings is 1. The van der Waals surface area contributed by atoms with E-state index in [4.69, 9.17) is 33.7 Å². The van der Waals surface area contributed by atoms with Crippen molar-refractivity contribution in [3.63, 3.8) is 0 Å². The summed E-state index contributed by atoms with van der Waals surface area (Å²) in [6.45, 7) is 9.58. The fraction of sp³-hybridized carbons (Fsp3) is 0.591. The summed E-state index contributed by atoms with van der Waals surface area (Å²) in [5, 5.41) is 17.5. The van der Waals surface area contributed by atoms with Gasteiger partial charge in [0.1, 0.15) is 5.60 Å². The standard InChI is InChI=1S/C18H25N3O3S.2C2HF3O2/c1-15-19-17(11-25-15)9-21-3-6-23-14-18(13-21)12-20(4-7-24-18)8-16-2-5-22-10-16;2*3-2(4,5)1(6)7/h2,5,10-11H,3-4,6-9,12-14H2,1H3;2*(H,6,7). The summed E-state index contributed by atoms with van der Waals surface area (Å²) in [5.74, 6) is -5.51. The number of ether oxygens (including phenoxy) is 2. The average Bonchev–Trinajstić information content (AvgIpc) is 3.43. The Morgan fingerprint density at radius 3 is 2.08 bits per heavy atom. The molecule has 2 aromatic heterocycles. The zero-order valence-electron chi connectivity index (χ0n) is 20.6. The highest BCUT2D eigenvalue weighted by atomic mass is 32.1. The largest absolute Gasteiger partial charge is 0.490 e. The number of alkyl halides is 6. The maximum Gasteiger partial charge on any atom is 0.490 e. The monoisotopic (exact) mass is 591 g/mol. The maximum absolute atomic E-state index is 10.6. The van der Waals surface area contributed by atoms with Crippen LogP contribution in [0.5, 0.6) is 0 Å². The number of hydrogen-bond acceptors (Lipinski definition) is 9. The zero-order valence-corrected chi connectivity index (χ0v) is 21.4. The lowest BCUT2D eigenvalue weighted by Gasteiger charge is -2.43. The fourth-order valence-electron chi connectivity index (χ4n) is 3.71. The third kappa shape index (κ3) is 11.5. The van der Waals surface area contributed by atoms with E-state index in [2.05, 4.69) is 27.1 Å². The van der Waals surface area contributed by atoms with Gasteiger partial charge in [0.05, 0.1) is 43.0 Å². The molecule has 0 bridgehead atoms. The number of aliphatic carboxylic acids is 2. The lowest BCUT2D eigenvalue weighted by atomic mass is 10.0. The Hall–Kier alpha value is -2.73. The van der Waals surface area contributed by atoms with Gasteiger partial charge in [-0.1, -0.05) is 0 Å². The molecule has 0 radical (unpaired) electrons. The lowest BCUT2D eigenvalue weighted by molar-refractivity contribution is -0.193. The van der Waals surface area contributed by atoms with Crippen molar-refractivity contribution >= 4 is 23.3 Å². The van der Waals surface area contributed by atoms with Crippen LogP contribution < -0.4 is 0 Å². The molecule has 1 unspecified atom stereocenters. The Balaban J connectivity index is 0.000000317. The van der Waals surface area contributed by atoms with Crippen molar-refractivity contribution in [1.82, 2.24) is 14.8 Å². The van der Waals surface area contributed by atoms with Gasteiger partial charge in [0.25, 0.3) is 0 Å². The predicted molar refractivity (Wildman–Crippen MR) is 123 cm³/mol. The van der Waals surface area contributed by atoms with Crippen molar-refractivity contribution in [2.24, 2.45) is 0 Å². The van der Waals surface area contributed by atoms with Crippen LogP contribution in [0.1, 0.15) is 16.3 Å². The first-order chi connectivity index (χ1) is 18.1. The smallest absolute Gasteiger partial charge is 0.475 e. The Morgan fingerprint density at radius 2 is 1.59 bits per heavy atom. The third-order valence-corrected chi connectivity index (χ3v) is 6.10. The van der Waals surface area contributed by atoms with Crippen molar-refractivity contribution in [3.05, 3.63) is 40.2 Å². The second-order valence-corrected chi connectivity index (χ2v) is 9.66. The highest BCUT2D eigenvalue weighted by molar-refractivity contribution is 7.09. The van der Waals surface area contributed by atoms with Crippen LogP contribution in [0.15, 0.2) is 28.4 Å². The molecule has 0 amide bonds. The lowest BCUT2D eigenvalue weighted by Crippen LogP contribution is -2.58. The van der Waals surface area contributed by atoms with Crippen LogP contribution in [0.4, 0.5) is 26.3 Å². The van der Waals surface area contributed by atoms with Crippen LogP contribution >= 0.6 is 11.3 Å². The van der Waals surface area contributed by atoms with E-state index in [9.17, 15) is 26.3 Å². The molecule has 4 heterocycles. The summed E-state index contributed by atoms with van der Waals surface area (Å²) >= 11 is 1.71. The molecule has 0 saturated carbocycles. The van der Waals surface area contributed by atoms with Crippen LogP contribution in [-0.2, 0) is 32.2 Å². The summed E-state index contributed by atoms with van der Waals surface area (Å²) in [4.78, 5) is 27.3. The van der Waals surface area contributed by atoms with Crippen molar-refractivity contribution in [3.8, 4) is 0 Å². The van der Waals surface area contributed by atoms with Gasteiger partial charge < -0.3 is 24.1 Å². The number of carboxylic acid groups (broad SMARTS) is 2. The van der Waals surface area contributed by atoms with Gasteiger partial charge in [-0.15, -0.1) is 11.3 Å². The minimum Gasteiger partial charge on any atom is -0.475 e. The molecule has 2 aromatic rings. The number of nitrogens with zero attached hydrogens (tertiary/aromatic N) is 3. The summed E-state index contributed by atoms with van der Waals surface area (Å²) < 4.78 is 80.8. The first kappa shape index (κ1) is 32.5. The van der Waals surface area contributed by atoms with Gasteiger partial charge in [-0.05, 0) is 13.0 Å². The molecule has 17 heteroatoms. The van der Waals surface area contributed by atoms with Crippen molar-refractivity contribution in [2.75, 3.05) is 46.0 Å². The molecule has 1 spiro atoms. The van der Waals surface area contributed by atoms with Crippen molar-refractivity contribution in [2.45, 2.75) is 38.0 Å². The maximum atomic E-state index is 10.6. The van der Waals surface area contributed by atoms with Gasteiger partial charge in [-0.3, -0.25) is 9.80 Å². The molecule has 4 rings (SSSR count). The number of morpholine rings is 1. The molecule has 0 aromatic carbocycles. The van der Waals surface area contributed by atoms with Crippen LogP contribution in [0.2, 0.25) is 0 Å². The Morgan fingerprint density at radius 1 is 1.03 bits per heavy atom. The van der Waals surface area contributed by atoms with Gasteiger partial charge in [0.2, 0.25) is 0 Å². The molecule has 220 valence electrons. The Kier molecular flexibility index (Phi) is 11.7. The van der Waals surface area contributed by atoms with E-state index in [-0.39, 0.29) is 5.60 Å². The minimum absolute atomic E-state index is 0.260. The van der Waals surface area contributed by atoms with E-state index in [1.807, 2.05) is 12.3 Å². The van der Waals surface area contributed by atoms with Gasteiger partial charge in [-0.25, -0.2) is 14.6 Å². The molecule has 10 nitrogen and oxygen atoms in total. The second kappa shape index (κ2) is 14.1. The van der Waals surface area contributed by atoms with Crippen LogP contribution in [0, 0.1) is 6.92 Å². The molecule has 2 N–H and O–H groups in total. The average molecular weight is 592 g/mol. The highest BCUT2D eigenvalue weighted by Gasteiger charge is 2.41.